The molecule has 0 bridgehead atoms. The molecule has 0 heterocycles. The Kier molecular flexibility index (Phi) is 11.7. The van der Waals surface area contributed by atoms with Gasteiger partial charge in [-0.25, -0.2) is 0 Å². The van der Waals surface area contributed by atoms with Gasteiger partial charge in [0.1, 0.15) is 0 Å². The van der Waals surface area contributed by atoms with Crippen molar-refractivity contribution in [2.75, 3.05) is 9.80 Å². The molecule has 80 heavy (non-hydrogen) atoms. The molecule has 0 atom stereocenters. The average Bonchev–Trinajstić information content (AvgIpc) is 3.55. The summed E-state index contributed by atoms with van der Waals surface area (Å²) in [5.41, 5.74) is 16.3. The topological polar surface area (TPSA) is 6.48 Å². The fraction of sp³-hybridized carbons (Fsp3) is 0.0256. The van der Waals surface area contributed by atoms with Crippen LogP contribution in [-0.4, -0.2) is 0 Å². The summed E-state index contributed by atoms with van der Waals surface area (Å²) in [6, 6.07) is 106. The van der Waals surface area contributed by atoms with Crippen LogP contribution in [0.5, 0.6) is 0 Å². The van der Waals surface area contributed by atoms with Crippen LogP contribution in [0.1, 0.15) is 18.4 Å². The lowest BCUT2D eigenvalue weighted by Gasteiger charge is -2.29. The number of benzene rings is 14. The third kappa shape index (κ3) is 8.55. The van der Waals surface area contributed by atoms with Crippen molar-refractivity contribution in [2.24, 2.45) is 0 Å². The Hall–Kier alpha value is -10.3. The molecular weight excluding hydrogens is 965 g/mol. The lowest BCUT2D eigenvalue weighted by atomic mass is 9.84. The molecule has 15 rings (SSSR count). The highest BCUT2D eigenvalue weighted by molar-refractivity contribution is 6.23. The Bertz CT molecular complexity index is 4600. The highest BCUT2D eigenvalue weighted by Crippen LogP contribution is 2.49. The average molecular weight is 1020 g/mol. The van der Waals surface area contributed by atoms with Crippen LogP contribution >= 0.6 is 0 Å². The molecule has 0 saturated carbocycles. The molecule has 1 aliphatic rings. The maximum atomic E-state index is 2.46. The molecule has 0 saturated heterocycles. The molecule has 0 radical (unpaired) electrons. The van der Waals surface area contributed by atoms with Gasteiger partial charge in [0.2, 0.25) is 0 Å². The van der Waals surface area contributed by atoms with E-state index in [1.54, 1.807) is 0 Å². The van der Waals surface area contributed by atoms with E-state index in [1.165, 1.54) is 104 Å². The van der Waals surface area contributed by atoms with Crippen LogP contribution in [-0.2, 0) is 0 Å². The van der Waals surface area contributed by atoms with Crippen molar-refractivity contribution in [1.82, 2.24) is 0 Å². The fourth-order valence-electron chi connectivity index (χ4n) is 12.4. The lowest BCUT2D eigenvalue weighted by molar-refractivity contribution is 1.05. The molecule has 2 nitrogen and oxygen atoms in total. The lowest BCUT2D eigenvalue weighted by Crippen LogP contribution is -2.10. The molecule has 0 aromatic heterocycles. The molecule has 0 aliphatic heterocycles. The zero-order valence-electron chi connectivity index (χ0n) is 44.2. The second-order valence-corrected chi connectivity index (χ2v) is 21.2. The van der Waals surface area contributed by atoms with E-state index < -0.39 is 0 Å². The second-order valence-electron chi connectivity index (χ2n) is 21.2. The van der Waals surface area contributed by atoms with E-state index in [4.69, 9.17) is 0 Å². The Morgan fingerprint density at radius 1 is 0.237 bits per heavy atom. The van der Waals surface area contributed by atoms with Gasteiger partial charge in [0.05, 0.1) is 0 Å². The van der Waals surface area contributed by atoms with Gasteiger partial charge in [0, 0.05) is 34.1 Å². The zero-order valence-corrected chi connectivity index (χ0v) is 44.2. The maximum absolute atomic E-state index is 2.46. The van der Waals surface area contributed by atoms with Crippen molar-refractivity contribution in [1.29, 1.82) is 0 Å². The van der Waals surface area contributed by atoms with E-state index in [2.05, 4.69) is 313 Å². The summed E-state index contributed by atoms with van der Waals surface area (Å²) in [6.45, 7) is 0. The molecular formula is C78H54N2. The monoisotopic (exact) mass is 1020 g/mol. The van der Waals surface area contributed by atoms with Crippen molar-refractivity contribution in [3.8, 4) is 33.4 Å². The summed E-state index contributed by atoms with van der Waals surface area (Å²) in [5, 5.41) is 14.4. The molecule has 14 aromatic rings. The first kappa shape index (κ1) is 47.0. The SMILES string of the molecule is C1=CCCC(c2ccc(-c3c4ccc(N(c5ccc6ccccc6c5)c5ccc6ccccc6c5)cc4c(-c4ccc(-c5ccccc5)cc4)c4ccc(N(c5ccc6ccccc6c5)c5ccc6ccccc6c5)cc34)cc2)=C1. The molecule has 1 aliphatic carbocycles. The molecule has 0 fully saturated rings. The van der Waals surface area contributed by atoms with Gasteiger partial charge in [-0.2, -0.15) is 0 Å². The van der Waals surface area contributed by atoms with Crippen LogP contribution in [0.15, 0.2) is 303 Å². The number of nitrogens with zero attached hydrogens (tertiary/aromatic N) is 2. The van der Waals surface area contributed by atoms with Gasteiger partial charge >= 0.3 is 0 Å². The van der Waals surface area contributed by atoms with Gasteiger partial charge in [-0.15, -0.1) is 0 Å². The second kappa shape index (κ2) is 19.9. The number of fused-ring (bicyclic) bond motifs is 6. The molecule has 0 unspecified atom stereocenters. The summed E-state index contributed by atoms with van der Waals surface area (Å²) in [7, 11) is 0. The van der Waals surface area contributed by atoms with E-state index >= 15 is 0 Å². The molecule has 2 heteroatoms. The number of rotatable bonds is 10. The summed E-state index contributed by atoms with van der Waals surface area (Å²) in [5.74, 6) is 0. The fourth-order valence-corrected chi connectivity index (χ4v) is 12.4. The highest BCUT2D eigenvalue weighted by Gasteiger charge is 2.23. The Labute approximate surface area is 466 Å². The van der Waals surface area contributed by atoms with E-state index in [0.717, 1.165) is 52.5 Å². The van der Waals surface area contributed by atoms with E-state index in [9.17, 15) is 0 Å². The predicted octanol–water partition coefficient (Wildman–Crippen LogP) is 22.3. The van der Waals surface area contributed by atoms with Gasteiger partial charge < -0.3 is 9.80 Å². The number of hydrogen-bond acceptors (Lipinski definition) is 2. The van der Waals surface area contributed by atoms with Gasteiger partial charge in [-0.1, -0.05) is 231 Å². The minimum atomic E-state index is 1.04. The van der Waals surface area contributed by atoms with Crippen LogP contribution in [0.25, 0.3) is 104 Å². The molecule has 14 aromatic carbocycles. The smallest absolute Gasteiger partial charge is 0.0468 e. The Morgan fingerprint density at radius 3 is 0.950 bits per heavy atom. The van der Waals surface area contributed by atoms with Crippen LogP contribution in [0.2, 0.25) is 0 Å². The van der Waals surface area contributed by atoms with Crippen molar-refractivity contribution in [3.63, 3.8) is 0 Å². The molecule has 376 valence electrons. The van der Waals surface area contributed by atoms with E-state index in [1.807, 2.05) is 0 Å². The van der Waals surface area contributed by atoms with Crippen molar-refractivity contribution in [3.05, 3.63) is 309 Å². The minimum Gasteiger partial charge on any atom is -0.310 e. The normalized spacial score (nSPS) is 12.4. The van der Waals surface area contributed by atoms with E-state index in [0.29, 0.717) is 0 Å². The van der Waals surface area contributed by atoms with Crippen LogP contribution in [0, 0.1) is 0 Å². The largest absolute Gasteiger partial charge is 0.310 e. The molecule has 0 amide bonds. The van der Waals surface area contributed by atoms with Crippen LogP contribution in [0.3, 0.4) is 0 Å². The third-order valence-corrected chi connectivity index (χ3v) is 16.4. The zero-order chi connectivity index (χ0) is 52.9. The molecule has 0 N–H and O–H groups in total. The standard InChI is InChI=1S/C78H54N2/c1-3-15-53(16-4-1)59-27-31-61(32-28-59)77-73-45-43-72(80(69-41-37-57-21-9-13-25-65(57)49-69)70-42-38-58-22-10-14-26-66(58)50-70)52-76(73)78(62-33-29-60(30-34-62)54-17-5-2-6-18-54)74-46-44-71(51-75(74)77)79(67-39-35-55-19-7-11-23-63(55)47-67)68-40-36-56-20-8-12-24-64(56)48-68/h1-5,7-17,19-52H,6,18H2. The summed E-state index contributed by atoms with van der Waals surface area (Å²) < 4.78 is 0. The maximum Gasteiger partial charge on any atom is 0.0468 e. The number of anilines is 6. The first-order chi connectivity index (χ1) is 39.6. The predicted molar refractivity (Wildman–Crippen MR) is 344 cm³/mol. The summed E-state index contributed by atoms with van der Waals surface area (Å²) >= 11 is 0. The van der Waals surface area contributed by atoms with Gasteiger partial charge in [-0.3, -0.25) is 0 Å². The molecule has 0 spiro atoms. The van der Waals surface area contributed by atoms with Crippen molar-refractivity contribution < 1.29 is 0 Å². The quantitative estimate of drug-likeness (QED) is 0.126. The van der Waals surface area contributed by atoms with Gasteiger partial charge in [0.15, 0.2) is 0 Å². The third-order valence-electron chi connectivity index (χ3n) is 16.4. The summed E-state index contributed by atoms with van der Waals surface area (Å²) in [4.78, 5) is 4.89. The first-order valence-electron chi connectivity index (χ1n) is 27.8. The number of allylic oxidation sites excluding steroid dienone is 4. The van der Waals surface area contributed by atoms with Crippen molar-refractivity contribution in [2.45, 2.75) is 12.8 Å². The van der Waals surface area contributed by atoms with Gasteiger partial charge in [-0.05, 0) is 195 Å². The van der Waals surface area contributed by atoms with Crippen LogP contribution in [0.4, 0.5) is 34.1 Å². The van der Waals surface area contributed by atoms with Crippen molar-refractivity contribution >= 4 is 104 Å². The highest BCUT2D eigenvalue weighted by atomic mass is 15.1. The van der Waals surface area contributed by atoms with Crippen LogP contribution < -0.4 is 9.80 Å². The number of hydrogen-bond donors (Lipinski definition) is 0. The minimum absolute atomic E-state index is 1.04. The Balaban J connectivity index is 1.02. The summed E-state index contributed by atoms with van der Waals surface area (Å²) in [6.07, 6.45) is 8.84. The van der Waals surface area contributed by atoms with Gasteiger partial charge in [0.25, 0.3) is 0 Å². The first-order valence-corrected chi connectivity index (χ1v) is 27.8. The Morgan fingerprint density at radius 2 is 0.562 bits per heavy atom. The van der Waals surface area contributed by atoms with E-state index in [-0.39, 0.29) is 0 Å².